The monoisotopic (exact) mass is 377 g/mol. The lowest BCUT2D eigenvalue weighted by Gasteiger charge is -2.05. The number of benzene rings is 1. The van der Waals surface area contributed by atoms with Gasteiger partial charge in [0.05, 0.1) is 17.4 Å². The number of carbonyl (C=O) groups is 1. The summed E-state index contributed by atoms with van der Waals surface area (Å²) in [6.45, 7) is 2.13. The summed E-state index contributed by atoms with van der Waals surface area (Å²) in [6, 6.07) is 6.95. The van der Waals surface area contributed by atoms with Gasteiger partial charge in [-0.15, -0.1) is 11.3 Å². The van der Waals surface area contributed by atoms with Gasteiger partial charge in [-0.1, -0.05) is 11.6 Å². The molecule has 0 saturated heterocycles. The zero-order chi connectivity index (χ0) is 18.0. The van der Waals surface area contributed by atoms with Crippen molar-refractivity contribution >= 4 is 44.7 Å². The number of hydrogen-bond acceptors (Lipinski definition) is 6. The van der Waals surface area contributed by atoms with Crippen molar-refractivity contribution < 1.29 is 14.3 Å². The van der Waals surface area contributed by atoms with Crippen LogP contribution in [0, 0.1) is 6.92 Å². The van der Waals surface area contributed by atoms with Crippen LogP contribution < -0.4 is 10.1 Å². The molecule has 0 fully saturated rings. The van der Waals surface area contributed by atoms with Crippen LogP contribution in [0.3, 0.4) is 0 Å². The van der Waals surface area contributed by atoms with Crippen molar-refractivity contribution in [2.75, 3.05) is 19.5 Å². The van der Waals surface area contributed by atoms with E-state index in [0.717, 1.165) is 10.9 Å². The Labute approximate surface area is 153 Å². The van der Waals surface area contributed by atoms with Crippen molar-refractivity contribution in [2.24, 2.45) is 0 Å². The molecular formula is C17H16ClN3O3S. The Morgan fingerprint density at radius 2 is 1.96 bits per heavy atom. The standard InChI is InChI=1S/C17H16ClN3O3S/c1-9-13-16(24-3)20-12(8-23-2)21-17(13)25-14(9)15(22)19-11-6-4-10(18)5-7-11/h4-7H,8H2,1-3H3,(H,19,22). The molecule has 0 radical (unpaired) electrons. The molecule has 2 heterocycles. The van der Waals surface area contributed by atoms with E-state index in [1.807, 2.05) is 6.92 Å². The Bertz CT molecular complexity index is 925. The first-order valence-electron chi connectivity index (χ1n) is 7.43. The number of amides is 1. The van der Waals surface area contributed by atoms with Gasteiger partial charge in [-0.3, -0.25) is 4.79 Å². The number of halogens is 1. The number of rotatable bonds is 5. The molecule has 0 atom stereocenters. The maximum atomic E-state index is 12.7. The highest BCUT2D eigenvalue weighted by atomic mass is 35.5. The summed E-state index contributed by atoms with van der Waals surface area (Å²) in [6.07, 6.45) is 0. The number of methoxy groups -OCH3 is 2. The minimum atomic E-state index is -0.210. The Morgan fingerprint density at radius 3 is 2.60 bits per heavy atom. The average Bonchev–Trinajstić information content (AvgIpc) is 2.93. The van der Waals surface area contributed by atoms with E-state index in [9.17, 15) is 4.79 Å². The van der Waals surface area contributed by atoms with E-state index in [0.29, 0.717) is 32.1 Å². The van der Waals surface area contributed by atoms with E-state index < -0.39 is 0 Å². The lowest BCUT2D eigenvalue weighted by molar-refractivity contribution is 0.103. The number of anilines is 1. The molecule has 0 aliphatic carbocycles. The van der Waals surface area contributed by atoms with Crippen molar-refractivity contribution in [1.29, 1.82) is 0 Å². The number of thiophene rings is 1. The fourth-order valence-corrected chi connectivity index (χ4v) is 3.63. The summed E-state index contributed by atoms with van der Waals surface area (Å²) in [5.41, 5.74) is 1.46. The fraction of sp³-hybridized carbons (Fsp3) is 0.235. The number of nitrogens with one attached hydrogen (secondary N) is 1. The molecule has 1 aromatic carbocycles. The van der Waals surface area contributed by atoms with Gasteiger partial charge in [0.15, 0.2) is 5.82 Å². The summed E-state index contributed by atoms with van der Waals surface area (Å²) in [4.78, 5) is 22.7. The molecule has 25 heavy (non-hydrogen) atoms. The lowest BCUT2D eigenvalue weighted by Crippen LogP contribution is -2.11. The van der Waals surface area contributed by atoms with Crippen LogP contribution in [-0.4, -0.2) is 30.1 Å². The molecule has 1 amide bonds. The topological polar surface area (TPSA) is 73.3 Å². The van der Waals surface area contributed by atoms with Crippen molar-refractivity contribution in [1.82, 2.24) is 9.97 Å². The maximum absolute atomic E-state index is 12.7. The van der Waals surface area contributed by atoms with Crippen LogP contribution in [-0.2, 0) is 11.3 Å². The molecular weight excluding hydrogens is 362 g/mol. The molecule has 6 nitrogen and oxygen atoms in total. The van der Waals surface area contributed by atoms with Gasteiger partial charge in [-0.2, -0.15) is 4.98 Å². The zero-order valence-corrected chi connectivity index (χ0v) is 15.5. The third kappa shape index (κ3) is 3.58. The van der Waals surface area contributed by atoms with Gasteiger partial charge in [0.1, 0.15) is 11.4 Å². The van der Waals surface area contributed by atoms with Crippen LogP contribution in [0.2, 0.25) is 5.02 Å². The number of hydrogen-bond donors (Lipinski definition) is 1. The molecule has 0 unspecified atom stereocenters. The van der Waals surface area contributed by atoms with Crippen LogP contribution in [0.4, 0.5) is 5.69 Å². The van der Waals surface area contributed by atoms with E-state index in [1.165, 1.54) is 11.3 Å². The predicted molar refractivity (Wildman–Crippen MR) is 98.8 cm³/mol. The van der Waals surface area contributed by atoms with Gasteiger partial charge in [-0.05, 0) is 36.8 Å². The molecule has 3 rings (SSSR count). The third-order valence-corrected chi connectivity index (χ3v) is 5.01. The maximum Gasteiger partial charge on any atom is 0.266 e. The number of fused-ring (bicyclic) bond motifs is 1. The molecule has 2 aromatic heterocycles. The first kappa shape index (κ1) is 17.6. The first-order chi connectivity index (χ1) is 12.0. The minimum absolute atomic E-state index is 0.210. The molecule has 8 heteroatoms. The SMILES string of the molecule is COCc1nc(OC)c2c(C)c(C(=O)Nc3ccc(Cl)cc3)sc2n1. The van der Waals surface area contributed by atoms with Gasteiger partial charge >= 0.3 is 0 Å². The quantitative estimate of drug-likeness (QED) is 0.725. The van der Waals surface area contributed by atoms with Gasteiger partial charge in [0, 0.05) is 17.8 Å². The van der Waals surface area contributed by atoms with E-state index in [2.05, 4.69) is 15.3 Å². The smallest absolute Gasteiger partial charge is 0.266 e. The van der Waals surface area contributed by atoms with Crippen molar-refractivity contribution in [2.45, 2.75) is 13.5 Å². The number of nitrogens with zero attached hydrogens (tertiary/aromatic N) is 2. The van der Waals surface area contributed by atoms with Crippen molar-refractivity contribution in [3.63, 3.8) is 0 Å². The zero-order valence-electron chi connectivity index (χ0n) is 13.9. The first-order valence-corrected chi connectivity index (χ1v) is 8.62. The number of carbonyl (C=O) groups excluding carboxylic acids is 1. The van der Waals surface area contributed by atoms with E-state index in [4.69, 9.17) is 21.1 Å². The third-order valence-electron chi connectivity index (χ3n) is 3.58. The molecule has 0 saturated carbocycles. The molecule has 130 valence electrons. The summed E-state index contributed by atoms with van der Waals surface area (Å²) in [5, 5.41) is 4.22. The highest BCUT2D eigenvalue weighted by molar-refractivity contribution is 7.20. The summed E-state index contributed by atoms with van der Waals surface area (Å²) >= 11 is 7.17. The summed E-state index contributed by atoms with van der Waals surface area (Å²) in [7, 11) is 3.12. The molecule has 3 aromatic rings. The minimum Gasteiger partial charge on any atom is -0.480 e. The van der Waals surface area contributed by atoms with E-state index in [1.54, 1.807) is 38.5 Å². The van der Waals surface area contributed by atoms with Gasteiger partial charge < -0.3 is 14.8 Å². The largest absolute Gasteiger partial charge is 0.480 e. The predicted octanol–water partition coefficient (Wildman–Crippen LogP) is 4.06. The molecule has 0 bridgehead atoms. The van der Waals surface area contributed by atoms with Crippen LogP contribution >= 0.6 is 22.9 Å². The number of aryl methyl sites for hydroxylation is 1. The summed E-state index contributed by atoms with van der Waals surface area (Å²) < 4.78 is 10.5. The van der Waals surface area contributed by atoms with Gasteiger partial charge in [-0.25, -0.2) is 4.98 Å². The van der Waals surface area contributed by atoms with Crippen molar-refractivity contribution in [3.8, 4) is 5.88 Å². The van der Waals surface area contributed by atoms with Crippen LogP contribution in [0.15, 0.2) is 24.3 Å². The Balaban J connectivity index is 1.99. The van der Waals surface area contributed by atoms with Crippen LogP contribution in [0.25, 0.3) is 10.2 Å². The lowest BCUT2D eigenvalue weighted by atomic mass is 10.2. The van der Waals surface area contributed by atoms with Gasteiger partial charge in [0.25, 0.3) is 5.91 Å². The number of aromatic nitrogens is 2. The second-order valence-electron chi connectivity index (χ2n) is 5.28. The Kier molecular flexibility index (Phi) is 5.17. The second-order valence-corrected chi connectivity index (χ2v) is 6.71. The second kappa shape index (κ2) is 7.35. The average molecular weight is 378 g/mol. The molecule has 0 aliphatic rings. The van der Waals surface area contributed by atoms with Crippen molar-refractivity contribution in [3.05, 3.63) is 45.6 Å². The molecule has 1 N–H and O–H groups in total. The molecule has 0 spiro atoms. The fourth-order valence-electron chi connectivity index (χ4n) is 2.42. The normalized spacial score (nSPS) is 10.9. The highest BCUT2D eigenvalue weighted by Gasteiger charge is 2.21. The highest BCUT2D eigenvalue weighted by Crippen LogP contribution is 2.35. The van der Waals surface area contributed by atoms with Crippen LogP contribution in [0.1, 0.15) is 21.1 Å². The van der Waals surface area contributed by atoms with Gasteiger partial charge in [0.2, 0.25) is 5.88 Å². The Hall–Kier alpha value is -2.22. The summed E-state index contributed by atoms with van der Waals surface area (Å²) in [5.74, 6) is 0.743. The van der Waals surface area contributed by atoms with E-state index >= 15 is 0 Å². The number of ether oxygens (including phenoxy) is 2. The Morgan fingerprint density at radius 1 is 1.24 bits per heavy atom. The molecule has 0 aliphatic heterocycles. The van der Waals surface area contributed by atoms with E-state index in [-0.39, 0.29) is 12.5 Å². The van der Waals surface area contributed by atoms with Crippen LogP contribution in [0.5, 0.6) is 5.88 Å².